The summed E-state index contributed by atoms with van der Waals surface area (Å²) in [7, 11) is 0. The quantitative estimate of drug-likeness (QED) is 0.758. The van der Waals surface area contributed by atoms with Crippen LogP contribution in [0.15, 0.2) is 16.9 Å². The molecule has 0 spiro atoms. The highest BCUT2D eigenvalue weighted by molar-refractivity contribution is 9.10. The standard InChI is InChI=1S/C8H8BrN3/c1-2-6-5-3-8(9)10-4-7(5)12-11-6/h3-4H,2H2,1H3,(H,11,12). The van der Waals surface area contributed by atoms with Crippen LogP contribution in [0.25, 0.3) is 10.9 Å². The molecular weight excluding hydrogens is 218 g/mol. The number of aryl methyl sites for hydroxylation is 1. The smallest absolute Gasteiger partial charge is 0.111 e. The van der Waals surface area contributed by atoms with Crippen molar-refractivity contribution in [3.05, 3.63) is 22.6 Å². The van der Waals surface area contributed by atoms with Gasteiger partial charge >= 0.3 is 0 Å². The molecule has 0 aliphatic rings. The summed E-state index contributed by atoms with van der Waals surface area (Å²) < 4.78 is 0.853. The molecule has 0 radical (unpaired) electrons. The van der Waals surface area contributed by atoms with Crippen LogP contribution in [0.1, 0.15) is 12.6 Å². The van der Waals surface area contributed by atoms with E-state index in [9.17, 15) is 0 Å². The molecule has 0 aromatic carbocycles. The SMILES string of the molecule is CCc1[nH]nc2cnc(Br)cc12. The number of aromatic amines is 1. The highest BCUT2D eigenvalue weighted by Crippen LogP contribution is 2.18. The Balaban J connectivity index is 2.75. The first kappa shape index (κ1) is 7.73. The molecule has 0 amide bonds. The predicted octanol–water partition coefficient (Wildman–Crippen LogP) is 2.28. The molecule has 62 valence electrons. The summed E-state index contributed by atoms with van der Waals surface area (Å²) in [5.41, 5.74) is 2.09. The van der Waals surface area contributed by atoms with E-state index in [4.69, 9.17) is 0 Å². The van der Waals surface area contributed by atoms with Gasteiger partial charge in [0.25, 0.3) is 0 Å². The van der Waals surface area contributed by atoms with Crippen LogP contribution in [-0.4, -0.2) is 15.2 Å². The maximum Gasteiger partial charge on any atom is 0.111 e. The summed E-state index contributed by atoms with van der Waals surface area (Å²) in [6, 6.07) is 1.98. The second-order valence-corrected chi connectivity index (χ2v) is 3.39. The van der Waals surface area contributed by atoms with E-state index in [1.54, 1.807) is 6.20 Å². The lowest BCUT2D eigenvalue weighted by Crippen LogP contribution is -1.80. The van der Waals surface area contributed by atoms with Crippen molar-refractivity contribution < 1.29 is 0 Å². The molecule has 0 saturated heterocycles. The van der Waals surface area contributed by atoms with E-state index in [-0.39, 0.29) is 0 Å². The Bertz CT molecular complexity index is 408. The summed E-state index contributed by atoms with van der Waals surface area (Å²) in [5.74, 6) is 0. The van der Waals surface area contributed by atoms with Crippen LogP contribution < -0.4 is 0 Å². The van der Waals surface area contributed by atoms with Gasteiger partial charge in [0.1, 0.15) is 10.1 Å². The molecule has 4 heteroatoms. The lowest BCUT2D eigenvalue weighted by molar-refractivity contribution is 0.988. The third kappa shape index (κ3) is 1.12. The van der Waals surface area contributed by atoms with Crippen molar-refractivity contribution >= 4 is 26.8 Å². The van der Waals surface area contributed by atoms with Gasteiger partial charge in [-0.1, -0.05) is 6.92 Å². The highest BCUT2D eigenvalue weighted by Gasteiger charge is 2.03. The molecule has 0 saturated carbocycles. The number of nitrogens with zero attached hydrogens (tertiary/aromatic N) is 2. The van der Waals surface area contributed by atoms with Gasteiger partial charge in [0.15, 0.2) is 0 Å². The second-order valence-electron chi connectivity index (χ2n) is 2.58. The van der Waals surface area contributed by atoms with Crippen LogP contribution in [0.4, 0.5) is 0 Å². The van der Waals surface area contributed by atoms with Crippen molar-refractivity contribution in [1.82, 2.24) is 15.2 Å². The highest BCUT2D eigenvalue weighted by atomic mass is 79.9. The van der Waals surface area contributed by atoms with Crippen LogP contribution >= 0.6 is 15.9 Å². The number of aromatic nitrogens is 3. The van der Waals surface area contributed by atoms with Gasteiger partial charge in [0.05, 0.1) is 6.20 Å². The average Bonchev–Trinajstić information content (AvgIpc) is 2.46. The van der Waals surface area contributed by atoms with E-state index >= 15 is 0 Å². The Kier molecular flexibility index (Phi) is 1.84. The molecule has 2 rings (SSSR count). The van der Waals surface area contributed by atoms with Crippen molar-refractivity contribution in [1.29, 1.82) is 0 Å². The van der Waals surface area contributed by atoms with Gasteiger partial charge in [-0.2, -0.15) is 5.10 Å². The molecule has 2 aromatic heterocycles. The van der Waals surface area contributed by atoms with E-state index in [1.165, 1.54) is 0 Å². The fourth-order valence-electron chi connectivity index (χ4n) is 1.21. The monoisotopic (exact) mass is 225 g/mol. The Labute approximate surface area is 78.3 Å². The number of hydrogen-bond acceptors (Lipinski definition) is 2. The zero-order valence-electron chi connectivity index (χ0n) is 6.63. The molecule has 2 heterocycles. The van der Waals surface area contributed by atoms with Crippen LogP contribution in [0, 0.1) is 0 Å². The van der Waals surface area contributed by atoms with Crippen molar-refractivity contribution in [2.45, 2.75) is 13.3 Å². The van der Waals surface area contributed by atoms with E-state index < -0.39 is 0 Å². The zero-order chi connectivity index (χ0) is 8.55. The van der Waals surface area contributed by atoms with E-state index in [2.05, 4.69) is 38.0 Å². The van der Waals surface area contributed by atoms with Gasteiger partial charge in [-0.05, 0) is 28.4 Å². The summed E-state index contributed by atoms with van der Waals surface area (Å²) in [5, 5.41) is 8.25. The third-order valence-electron chi connectivity index (χ3n) is 1.84. The molecule has 0 unspecified atom stereocenters. The zero-order valence-corrected chi connectivity index (χ0v) is 8.22. The molecule has 0 bridgehead atoms. The van der Waals surface area contributed by atoms with Gasteiger partial charge in [0, 0.05) is 11.1 Å². The van der Waals surface area contributed by atoms with Crippen LogP contribution in [0.2, 0.25) is 0 Å². The summed E-state index contributed by atoms with van der Waals surface area (Å²) in [6.07, 6.45) is 2.72. The van der Waals surface area contributed by atoms with E-state index in [1.807, 2.05) is 6.07 Å². The van der Waals surface area contributed by atoms with Crippen molar-refractivity contribution in [2.24, 2.45) is 0 Å². The summed E-state index contributed by atoms with van der Waals surface area (Å²) in [6.45, 7) is 2.10. The first-order valence-corrected chi connectivity index (χ1v) is 4.59. The van der Waals surface area contributed by atoms with E-state index in [0.717, 1.165) is 27.6 Å². The van der Waals surface area contributed by atoms with Gasteiger partial charge in [0.2, 0.25) is 0 Å². The molecule has 2 aromatic rings. The summed E-state index contributed by atoms with van der Waals surface area (Å²) in [4.78, 5) is 4.09. The lowest BCUT2D eigenvalue weighted by atomic mass is 10.2. The minimum absolute atomic E-state index is 0.853. The number of nitrogens with one attached hydrogen (secondary N) is 1. The Morgan fingerprint density at radius 2 is 2.42 bits per heavy atom. The fourth-order valence-corrected chi connectivity index (χ4v) is 1.54. The van der Waals surface area contributed by atoms with E-state index in [0.29, 0.717) is 0 Å². The van der Waals surface area contributed by atoms with Gasteiger partial charge < -0.3 is 0 Å². The number of fused-ring (bicyclic) bond motifs is 1. The van der Waals surface area contributed by atoms with Gasteiger partial charge in [-0.3, -0.25) is 5.10 Å². The minimum Gasteiger partial charge on any atom is -0.281 e. The van der Waals surface area contributed by atoms with Crippen molar-refractivity contribution in [3.63, 3.8) is 0 Å². The molecule has 1 N–H and O–H groups in total. The number of halogens is 1. The molecule has 0 aliphatic carbocycles. The lowest BCUT2D eigenvalue weighted by Gasteiger charge is -1.91. The first-order valence-electron chi connectivity index (χ1n) is 3.79. The normalized spacial score (nSPS) is 10.8. The Morgan fingerprint density at radius 3 is 3.17 bits per heavy atom. The molecule has 0 aliphatic heterocycles. The first-order chi connectivity index (χ1) is 5.81. The third-order valence-corrected chi connectivity index (χ3v) is 2.27. The van der Waals surface area contributed by atoms with Gasteiger partial charge in [-0.25, -0.2) is 4.98 Å². The van der Waals surface area contributed by atoms with Crippen LogP contribution in [0.3, 0.4) is 0 Å². The topological polar surface area (TPSA) is 41.6 Å². The Morgan fingerprint density at radius 1 is 1.58 bits per heavy atom. The summed E-state index contributed by atoms with van der Waals surface area (Å²) >= 11 is 3.33. The second kappa shape index (κ2) is 2.86. The largest absolute Gasteiger partial charge is 0.281 e. The molecule has 3 nitrogen and oxygen atoms in total. The molecule has 0 fully saturated rings. The maximum atomic E-state index is 4.12. The number of hydrogen-bond donors (Lipinski definition) is 1. The maximum absolute atomic E-state index is 4.12. The van der Waals surface area contributed by atoms with Crippen molar-refractivity contribution in [3.8, 4) is 0 Å². The van der Waals surface area contributed by atoms with Crippen LogP contribution in [-0.2, 0) is 6.42 Å². The Hall–Kier alpha value is -0.900. The number of pyridine rings is 1. The average molecular weight is 226 g/mol. The molecule has 0 atom stereocenters. The molecule has 12 heavy (non-hydrogen) atoms. The predicted molar refractivity (Wildman–Crippen MR) is 51.0 cm³/mol. The van der Waals surface area contributed by atoms with Crippen LogP contribution in [0.5, 0.6) is 0 Å². The molecular formula is C8H8BrN3. The minimum atomic E-state index is 0.853. The number of H-pyrrole nitrogens is 1. The van der Waals surface area contributed by atoms with Gasteiger partial charge in [-0.15, -0.1) is 0 Å². The fraction of sp³-hybridized carbons (Fsp3) is 0.250. The van der Waals surface area contributed by atoms with Crippen molar-refractivity contribution in [2.75, 3.05) is 0 Å². The number of rotatable bonds is 1.